The number of carbonyl (C=O) groups is 8. The van der Waals surface area contributed by atoms with Crippen LogP contribution in [-0.2, 0) is 60.7 Å². The van der Waals surface area contributed by atoms with E-state index < -0.39 is 84.5 Å². The molecule has 4 atom stereocenters. The summed E-state index contributed by atoms with van der Waals surface area (Å²) in [5.74, 6) is -6.27. The lowest BCUT2D eigenvalue weighted by atomic mass is 10.0. The van der Waals surface area contributed by atoms with Gasteiger partial charge in [-0.25, -0.2) is 9.59 Å². The van der Waals surface area contributed by atoms with Gasteiger partial charge >= 0.3 is 23.9 Å². The van der Waals surface area contributed by atoms with Crippen LogP contribution in [-0.4, -0.2) is 96.1 Å². The Balaban J connectivity index is 1.54. The molecule has 0 fully saturated rings. The maximum Gasteiger partial charge on any atom is 0.328 e. The molecule has 342 valence electrons. The van der Waals surface area contributed by atoms with Gasteiger partial charge in [0.2, 0.25) is 23.6 Å². The Morgan fingerprint density at radius 3 is 1.00 bits per heavy atom. The van der Waals surface area contributed by atoms with Gasteiger partial charge in [-0.05, 0) is 24.0 Å². The van der Waals surface area contributed by atoms with Crippen LogP contribution in [0.15, 0.2) is 60.7 Å². The SMILES string of the molecule is COC(=O)C(Cc1ccccc1)NC(=O)C(CC(=O)O)NC(=O)CCCCCCCCCCCCCCCCC(=O)NC(CC(=O)O)C(=O)NC(Cc1ccccc1)C(=O)OC. The lowest BCUT2D eigenvalue weighted by Gasteiger charge is -2.21. The van der Waals surface area contributed by atoms with Crippen molar-refractivity contribution < 1.29 is 58.0 Å². The van der Waals surface area contributed by atoms with E-state index in [1.807, 2.05) is 12.1 Å². The first-order chi connectivity index (χ1) is 29.8. The molecule has 2 rings (SSSR count). The fourth-order valence-electron chi connectivity index (χ4n) is 6.91. The summed E-state index contributed by atoms with van der Waals surface area (Å²) >= 11 is 0. The Kier molecular flexibility index (Phi) is 26.3. The van der Waals surface area contributed by atoms with E-state index in [4.69, 9.17) is 9.47 Å². The molecule has 16 nitrogen and oxygen atoms in total. The van der Waals surface area contributed by atoms with Gasteiger partial charge in [0.05, 0.1) is 27.1 Å². The van der Waals surface area contributed by atoms with Crippen molar-refractivity contribution in [2.45, 2.75) is 153 Å². The number of amides is 4. The van der Waals surface area contributed by atoms with Gasteiger partial charge in [-0.3, -0.25) is 28.8 Å². The van der Waals surface area contributed by atoms with Crippen LogP contribution in [0.25, 0.3) is 0 Å². The second-order valence-electron chi connectivity index (χ2n) is 15.4. The minimum absolute atomic E-state index is 0.146. The molecular formula is C46H66N4O12. The molecule has 2 aromatic rings. The van der Waals surface area contributed by atoms with Crippen molar-refractivity contribution in [3.63, 3.8) is 0 Å². The van der Waals surface area contributed by atoms with Crippen LogP contribution >= 0.6 is 0 Å². The van der Waals surface area contributed by atoms with Gasteiger partial charge in [-0.1, -0.05) is 138 Å². The molecule has 4 amide bonds. The maximum absolute atomic E-state index is 13.0. The Morgan fingerprint density at radius 2 is 0.726 bits per heavy atom. The molecule has 0 aliphatic heterocycles. The van der Waals surface area contributed by atoms with Crippen LogP contribution in [0.1, 0.15) is 127 Å². The first-order valence-electron chi connectivity index (χ1n) is 21.7. The summed E-state index contributed by atoms with van der Waals surface area (Å²) in [5.41, 5.74) is 1.55. The summed E-state index contributed by atoms with van der Waals surface area (Å²) in [6.45, 7) is 0. The Morgan fingerprint density at radius 1 is 0.435 bits per heavy atom. The number of methoxy groups -OCH3 is 2. The van der Waals surface area contributed by atoms with Crippen molar-refractivity contribution in [1.82, 2.24) is 21.3 Å². The molecule has 6 N–H and O–H groups in total. The molecular weight excluding hydrogens is 801 g/mol. The molecule has 0 aliphatic carbocycles. The fraction of sp³-hybridized carbons (Fsp3) is 0.565. The molecule has 0 aliphatic rings. The minimum Gasteiger partial charge on any atom is -0.481 e. The zero-order valence-corrected chi connectivity index (χ0v) is 36.2. The van der Waals surface area contributed by atoms with Gasteiger partial charge in [0.25, 0.3) is 0 Å². The lowest BCUT2D eigenvalue weighted by Crippen LogP contribution is -2.53. The van der Waals surface area contributed by atoms with E-state index in [2.05, 4.69) is 21.3 Å². The Hall–Kier alpha value is -5.80. The molecule has 16 heteroatoms. The van der Waals surface area contributed by atoms with E-state index in [0.29, 0.717) is 12.8 Å². The van der Waals surface area contributed by atoms with E-state index >= 15 is 0 Å². The molecule has 0 heterocycles. The van der Waals surface area contributed by atoms with Crippen molar-refractivity contribution in [2.75, 3.05) is 14.2 Å². The summed E-state index contributed by atoms with van der Waals surface area (Å²) in [6.07, 6.45) is 12.9. The van der Waals surface area contributed by atoms with E-state index in [1.54, 1.807) is 48.5 Å². The van der Waals surface area contributed by atoms with E-state index in [1.165, 1.54) is 14.2 Å². The molecule has 0 radical (unpaired) electrons. The predicted octanol–water partition coefficient (Wildman–Crippen LogP) is 4.95. The highest BCUT2D eigenvalue weighted by Gasteiger charge is 2.30. The zero-order valence-electron chi connectivity index (χ0n) is 36.2. The number of benzene rings is 2. The highest BCUT2D eigenvalue weighted by Crippen LogP contribution is 2.15. The Labute approximate surface area is 364 Å². The van der Waals surface area contributed by atoms with Crippen molar-refractivity contribution in [2.24, 2.45) is 0 Å². The lowest BCUT2D eigenvalue weighted by molar-refractivity contribution is -0.146. The first-order valence-corrected chi connectivity index (χ1v) is 21.7. The zero-order chi connectivity index (χ0) is 45.5. The van der Waals surface area contributed by atoms with Gasteiger partial charge in [0.1, 0.15) is 24.2 Å². The molecule has 0 bridgehead atoms. The smallest absolute Gasteiger partial charge is 0.328 e. The normalized spacial score (nSPS) is 12.7. The average molecular weight is 867 g/mol. The second kappa shape index (κ2) is 31.1. The van der Waals surface area contributed by atoms with Crippen LogP contribution < -0.4 is 21.3 Å². The monoisotopic (exact) mass is 866 g/mol. The molecule has 0 saturated heterocycles. The number of hydrogen-bond donors (Lipinski definition) is 6. The number of hydrogen-bond acceptors (Lipinski definition) is 10. The van der Waals surface area contributed by atoms with Gasteiger partial charge in [-0.15, -0.1) is 0 Å². The van der Waals surface area contributed by atoms with Crippen LogP contribution in [0.2, 0.25) is 0 Å². The summed E-state index contributed by atoms with van der Waals surface area (Å²) in [7, 11) is 2.40. The number of esters is 2. The van der Waals surface area contributed by atoms with Crippen molar-refractivity contribution >= 4 is 47.5 Å². The molecule has 4 unspecified atom stereocenters. The van der Waals surface area contributed by atoms with Gasteiger partial charge < -0.3 is 41.0 Å². The van der Waals surface area contributed by atoms with E-state index in [-0.39, 0.29) is 25.7 Å². The summed E-state index contributed by atoms with van der Waals surface area (Å²) < 4.78 is 9.63. The summed E-state index contributed by atoms with van der Waals surface area (Å²) in [6, 6.07) is 13.2. The fourth-order valence-corrected chi connectivity index (χ4v) is 6.91. The van der Waals surface area contributed by atoms with Crippen molar-refractivity contribution in [3.8, 4) is 0 Å². The van der Waals surface area contributed by atoms with Crippen LogP contribution in [0.5, 0.6) is 0 Å². The Bertz CT molecular complexity index is 1570. The van der Waals surface area contributed by atoms with Crippen molar-refractivity contribution in [3.05, 3.63) is 71.8 Å². The minimum atomic E-state index is -1.34. The third-order valence-electron chi connectivity index (χ3n) is 10.3. The van der Waals surface area contributed by atoms with Crippen molar-refractivity contribution in [1.29, 1.82) is 0 Å². The number of ether oxygens (including phenoxy) is 2. The number of nitrogens with one attached hydrogen (secondary N) is 4. The van der Waals surface area contributed by atoms with Crippen LogP contribution in [0, 0.1) is 0 Å². The average Bonchev–Trinajstić information content (AvgIpc) is 3.25. The summed E-state index contributed by atoms with van der Waals surface area (Å²) in [5, 5.41) is 28.8. The molecule has 0 spiro atoms. The number of carboxylic acid groups (broad SMARTS) is 2. The predicted molar refractivity (Wildman–Crippen MR) is 230 cm³/mol. The van der Waals surface area contributed by atoms with Gasteiger partial charge in [0, 0.05) is 25.7 Å². The van der Waals surface area contributed by atoms with E-state index in [9.17, 15) is 48.6 Å². The van der Waals surface area contributed by atoms with Crippen LogP contribution in [0.3, 0.4) is 0 Å². The number of unbranched alkanes of at least 4 members (excludes halogenated alkanes) is 13. The maximum atomic E-state index is 13.0. The number of aliphatic carboxylic acids is 2. The van der Waals surface area contributed by atoms with Gasteiger partial charge in [0.15, 0.2) is 0 Å². The molecule has 62 heavy (non-hydrogen) atoms. The summed E-state index contributed by atoms with van der Waals surface area (Å²) in [4.78, 5) is 98.8. The second-order valence-corrected chi connectivity index (χ2v) is 15.4. The van der Waals surface area contributed by atoms with E-state index in [0.717, 1.165) is 88.2 Å². The third-order valence-corrected chi connectivity index (χ3v) is 10.3. The third kappa shape index (κ3) is 23.3. The highest BCUT2D eigenvalue weighted by molar-refractivity contribution is 5.94. The molecule has 0 aromatic heterocycles. The standard InChI is InChI=1S/C46H66N4O12/c1-61-45(59)37(29-33-23-17-15-18-24-33)49-43(57)35(31-41(53)54)47-39(51)27-21-13-11-9-7-5-3-4-6-8-10-12-14-22-28-40(52)48-36(32-42(55)56)44(58)50-38(46(60)62-2)30-34-25-19-16-20-26-34/h15-20,23-26,35-38H,3-14,21-22,27-32H2,1-2H3,(H,47,51)(H,48,52)(H,49,57)(H,50,58)(H,53,54)(H,55,56). The highest BCUT2D eigenvalue weighted by atomic mass is 16.5. The van der Waals surface area contributed by atoms with Crippen LogP contribution in [0.4, 0.5) is 0 Å². The molecule has 0 saturated carbocycles. The first kappa shape index (κ1) is 52.3. The topological polar surface area (TPSA) is 244 Å². The molecule has 2 aromatic carbocycles. The number of carbonyl (C=O) groups excluding carboxylic acids is 6. The number of carboxylic acids is 2. The van der Waals surface area contributed by atoms with Gasteiger partial charge in [-0.2, -0.15) is 0 Å². The quantitative estimate of drug-likeness (QED) is 0.0413. The largest absolute Gasteiger partial charge is 0.481 e. The number of rotatable bonds is 33.